The van der Waals surface area contributed by atoms with E-state index in [0.29, 0.717) is 5.92 Å². The van der Waals surface area contributed by atoms with E-state index in [9.17, 15) is 4.79 Å². The second-order valence-electron chi connectivity index (χ2n) is 8.65. The Labute approximate surface area is 122 Å². The lowest BCUT2D eigenvalue weighted by Gasteiger charge is -1.98. The summed E-state index contributed by atoms with van der Waals surface area (Å²) in [5.41, 5.74) is 0. The van der Waals surface area contributed by atoms with E-state index < -0.39 is 0 Å². The van der Waals surface area contributed by atoms with Gasteiger partial charge in [-0.15, -0.1) is 0 Å². The van der Waals surface area contributed by atoms with Gasteiger partial charge in [-0.3, -0.25) is 0 Å². The third-order valence-electron chi connectivity index (χ3n) is 7.17. The number of hydrogen-bond donors (Lipinski definition) is 0. The highest BCUT2D eigenvalue weighted by Gasteiger charge is 2.63. The van der Waals surface area contributed by atoms with E-state index in [1.54, 1.807) is 0 Å². The Balaban J connectivity index is 1.09. The molecule has 0 aromatic heterocycles. The molecule has 20 heavy (non-hydrogen) atoms. The van der Waals surface area contributed by atoms with Gasteiger partial charge in [-0.25, -0.2) is 0 Å². The van der Waals surface area contributed by atoms with Crippen LogP contribution in [0.3, 0.4) is 0 Å². The molecule has 0 bridgehead atoms. The lowest BCUT2D eigenvalue weighted by molar-refractivity contribution is -0.109. The molecule has 108 valence electrons. The van der Waals surface area contributed by atoms with E-state index in [0.717, 1.165) is 53.3 Å². The normalized spacial score (nSPS) is 62.2. The minimum Gasteiger partial charge on any atom is -0.303 e. The van der Waals surface area contributed by atoms with Crippen molar-refractivity contribution in [1.82, 2.24) is 0 Å². The van der Waals surface area contributed by atoms with Crippen LogP contribution in [-0.2, 0) is 4.79 Å². The maximum atomic E-state index is 10.8. The molecule has 0 N–H and O–H groups in total. The monoisotopic (exact) mass is 270 g/mol. The number of carbonyl (C=O) groups is 1. The Morgan fingerprint density at radius 2 is 1.15 bits per heavy atom. The molecule has 1 nitrogen and oxygen atoms in total. The first-order valence-electron chi connectivity index (χ1n) is 8.90. The zero-order valence-electron chi connectivity index (χ0n) is 12.4. The van der Waals surface area contributed by atoms with Gasteiger partial charge in [0, 0.05) is 5.92 Å². The molecule has 5 aliphatic rings. The van der Waals surface area contributed by atoms with Crippen LogP contribution in [-0.4, -0.2) is 6.29 Å². The second-order valence-corrected chi connectivity index (χ2v) is 8.65. The Morgan fingerprint density at radius 3 is 1.70 bits per heavy atom. The van der Waals surface area contributed by atoms with Crippen LogP contribution in [0.4, 0.5) is 0 Å². The minimum absolute atomic E-state index is 0.458. The molecular formula is C19H26O. The fraction of sp³-hybridized carbons (Fsp3) is 0.842. The van der Waals surface area contributed by atoms with E-state index in [2.05, 4.69) is 19.1 Å². The van der Waals surface area contributed by atoms with Crippen LogP contribution in [0, 0.1) is 59.2 Å². The molecule has 5 aliphatic carbocycles. The number of aldehydes is 1. The van der Waals surface area contributed by atoms with Gasteiger partial charge in [-0.1, -0.05) is 19.1 Å². The molecule has 0 amide bonds. The Bertz CT molecular complexity index is 466. The highest BCUT2D eigenvalue weighted by molar-refractivity contribution is 5.58. The van der Waals surface area contributed by atoms with E-state index in [1.165, 1.54) is 38.4 Å². The van der Waals surface area contributed by atoms with E-state index in [4.69, 9.17) is 0 Å². The van der Waals surface area contributed by atoms with Crippen molar-refractivity contribution >= 4 is 6.29 Å². The van der Waals surface area contributed by atoms with Crippen molar-refractivity contribution in [3.8, 4) is 0 Å². The number of allylic oxidation sites excluding steroid dienone is 2. The minimum atomic E-state index is 0.458. The van der Waals surface area contributed by atoms with E-state index in [1.807, 2.05) is 0 Å². The van der Waals surface area contributed by atoms with Crippen molar-refractivity contribution in [2.24, 2.45) is 59.2 Å². The van der Waals surface area contributed by atoms with Gasteiger partial charge in [0.25, 0.3) is 0 Å². The molecule has 0 aromatic rings. The molecule has 0 radical (unpaired) electrons. The summed E-state index contributed by atoms with van der Waals surface area (Å²) in [6.07, 6.45) is 13.4. The van der Waals surface area contributed by atoms with Crippen LogP contribution in [0.25, 0.3) is 0 Å². The molecule has 0 spiro atoms. The van der Waals surface area contributed by atoms with Gasteiger partial charge < -0.3 is 4.79 Å². The van der Waals surface area contributed by atoms with Crippen LogP contribution >= 0.6 is 0 Å². The van der Waals surface area contributed by atoms with Crippen molar-refractivity contribution in [2.45, 2.75) is 39.0 Å². The summed E-state index contributed by atoms with van der Waals surface area (Å²) < 4.78 is 0. The van der Waals surface area contributed by atoms with Gasteiger partial charge in [-0.2, -0.15) is 0 Å². The zero-order chi connectivity index (χ0) is 13.4. The Hall–Kier alpha value is -0.590. The van der Waals surface area contributed by atoms with Gasteiger partial charge in [0.2, 0.25) is 0 Å². The number of hydrogen-bond acceptors (Lipinski definition) is 1. The predicted octanol–water partition coefficient (Wildman–Crippen LogP) is 3.94. The van der Waals surface area contributed by atoms with Crippen molar-refractivity contribution < 1.29 is 4.79 Å². The summed E-state index contributed by atoms with van der Waals surface area (Å²) >= 11 is 0. The quantitative estimate of drug-likeness (QED) is 0.528. The molecule has 0 unspecified atom stereocenters. The average molecular weight is 270 g/mol. The molecule has 1 heteroatoms. The first-order valence-corrected chi connectivity index (χ1v) is 8.90. The summed E-state index contributed by atoms with van der Waals surface area (Å²) in [7, 11) is 0. The first-order chi connectivity index (χ1) is 9.76. The summed E-state index contributed by atoms with van der Waals surface area (Å²) in [5.74, 6) is 9.28. The molecule has 0 aromatic carbocycles. The predicted molar refractivity (Wildman–Crippen MR) is 78.9 cm³/mol. The van der Waals surface area contributed by atoms with Crippen molar-refractivity contribution in [3.05, 3.63) is 12.2 Å². The summed E-state index contributed by atoms with van der Waals surface area (Å²) in [4.78, 5) is 10.8. The van der Waals surface area contributed by atoms with Gasteiger partial charge in [0.05, 0.1) is 0 Å². The number of carbonyl (C=O) groups excluding carboxylic acids is 1. The third kappa shape index (κ3) is 2.00. The van der Waals surface area contributed by atoms with Crippen LogP contribution in [0.15, 0.2) is 12.2 Å². The molecule has 10 atom stereocenters. The maximum absolute atomic E-state index is 10.8. The molecule has 5 saturated carbocycles. The molecule has 0 saturated heterocycles. The lowest BCUT2D eigenvalue weighted by atomic mass is 10.1. The lowest BCUT2D eigenvalue weighted by Crippen LogP contribution is -1.94. The summed E-state index contributed by atoms with van der Waals surface area (Å²) in [6.45, 7) is 2.37. The first kappa shape index (κ1) is 12.0. The van der Waals surface area contributed by atoms with E-state index in [-0.39, 0.29) is 0 Å². The smallest absolute Gasteiger partial charge is 0.123 e. The zero-order valence-corrected chi connectivity index (χ0v) is 12.4. The fourth-order valence-electron chi connectivity index (χ4n) is 5.18. The van der Waals surface area contributed by atoms with Crippen LogP contribution < -0.4 is 0 Å². The maximum Gasteiger partial charge on any atom is 0.123 e. The highest BCUT2D eigenvalue weighted by atomic mass is 16.1. The van der Waals surface area contributed by atoms with Crippen molar-refractivity contribution in [1.29, 1.82) is 0 Å². The second kappa shape index (κ2) is 3.99. The fourth-order valence-corrected chi connectivity index (χ4v) is 5.18. The van der Waals surface area contributed by atoms with Crippen molar-refractivity contribution in [2.75, 3.05) is 0 Å². The standard InChI is InChI=1S/C19H26O/c1-10-4-11(10)2-3-12-5-14(12)16-7-18(16)19-8-17(19)15-6-13(15)9-20/h2-3,9-19H,4-8H2,1H3/t10-,11-,12-,13+,14-,15-,16+,17+,18-,19-/m1/s1. The van der Waals surface area contributed by atoms with Gasteiger partial charge >= 0.3 is 0 Å². The van der Waals surface area contributed by atoms with Gasteiger partial charge in [0.15, 0.2) is 0 Å². The highest BCUT2D eigenvalue weighted by Crippen LogP contribution is 2.70. The van der Waals surface area contributed by atoms with Crippen LogP contribution in [0.2, 0.25) is 0 Å². The molecule has 0 aliphatic heterocycles. The average Bonchev–Trinajstić information content (AvgIpc) is 3.21. The van der Waals surface area contributed by atoms with Gasteiger partial charge in [0.1, 0.15) is 6.29 Å². The van der Waals surface area contributed by atoms with Crippen LogP contribution in [0.1, 0.15) is 39.0 Å². The Morgan fingerprint density at radius 1 is 0.650 bits per heavy atom. The molecule has 0 heterocycles. The third-order valence-corrected chi connectivity index (χ3v) is 7.17. The largest absolute Gasteiger partial charge is 0.303 e. The SMILES string of the molecule is C[C@@H]1C[C@H]1C=C[C@@H]1C[C@H]1[C@@H]1C[C@H]1[C@@H]1C[C@H]1[C@@H]1C[C@H]1C=O. The molecule has 5 rings (SSSR count). The van der Waals surface area contributed by atoms with Gasteiger partial charge in [-0.05, 0) is 85.4 Å². The summed E-state index contributed by atoms with van der Waals surface area (Å²) in [6, 6.07) is 0. The Kier molecular flexibility index (Phi) is 2.39. The summed E-state index contributed by atoms with van der Waals surface area (Å²) in [5, 5.41) is 0. The van der Waals surface area contributed by atoms with Crippen LogP contribution in [0.5, 0.6) is 0 Å². The van der Waals surface area contributed by atoms with Crippen molar-refractivity contribution in [3.63, 3.8) is 0 Å². The molecule has 5 fully saturated rings. The number of rotatable bonds is 6. The van der Waals surface area contributed by atoms with E-state index >= 15 is 0 Å². The molecular weight excluding hydrogens is 244 g/mol. The topological polar surface area (TPSA) is 17.1 Å².